The Morgan fingerprint density at radius 2 is 1.89 bits per heavy atom. The van der Waals surface area contributed by atoms with Gasteiger partial charge in [-0.25, -0.2) is 15.2 Å². The van der Waals surface area contributed by atoms with E-state index in [0.717, 1.165) is 5.56 Å². The number of hydrazine groups is 1. The normalized spacial score (nSPS) is 11.8. The minimum atomic E-state index is -0.153. The van der Waals surface area contributed by atoms with Gasteiger partial charge in [0, 0.05) is 6.04 Å². The highest BCUT2D eigenvalue weighted by atomic mass is 19.1. The standard InChI is InChI=1S/C13H21FN4/c1-8(2)17-13(18-15)16-7-11-5-9(3)12(14)10(4)6-11/h5-6,8H,7,15H2,1-4H3,(H2,16,17,18). The van der Waals surface area contributed by atoms with E-state index in [1.54, 1.807) is 26.0 Å². The molecule has 0 amide bonds. The topological polar surface area (TPSA) is 62.4 Å². The van der Waals surface area contributed by atoms with Crippen LogP contribution >= 0.6 is 0 Å². The van der Waals surface area contributed by atoms with Gasteiger partial charge in [0.2, 0.25) is 5.96 Å². The van der Waals surface area contributed by atoms with Crippen molar-refractivity contribution in [3.8, 4) is 0 Å². The van der Waals surface area contributed by atoms with Crippen molar-refractivity contribution in [3.05, 3.63) is 34.6 Å². The third-order valence-corrected chi connectivity index (χ3v) is 2.48. The summed E-state index contributed by atoms with van der Waals surface area (Å²) >= 11 is 0. The largest absolute Gasteiger partial charge is 0.353 e. The molecule has 4 N–H and O–H groups in total. The number of nitrogens with two attached hydrogens (primary N) is 1. The second-order valence-corrected chi connectivity index (χ2v) is 4.65. The number of hydrogen-bond acceptors (Lipinski definition) is 2. The second-order valence-electron chi connectivity index (χ2n) is 4.65. The first-order valence-corrected chi connectivity index (χ1v) is 5.97. The fraction of sp³-hybridized carbons (Fsp3) is 0.462. The van der Waals surface area contributed by atoms with Gasteiger partial charge in [-0.15, -0.1) is 0 Å². The molecule has 100 valence electrons. The Labute approximate surface area is 107 Å². The van der Waals surface area contributed by atoms with E-state index in [1.165, 1.54) is 0 Å². The van der Waals surface area contributed by atoms with Crippen molar-refractivity contribution in [2.45, 2.75) is 40.3 Å². The minimum Gasteiger partial charge on any atom is -0.353 e. The van der Waals surface area contributed by atoms with Crippen LogP contribution in [0.2, 0.25) is 0 Å². The Morgan fingerprint density at radius 3 is 2.33 bits per heavy atom. The van der Waals surface area contributed by atoms with E-state index < -0.39 is 0 Å². The first-order chi connectivity index (χ1) is 8.43. The molecule has 1 rings (SSSR count). The molecular formula is C13H21FN4. The van der Waals surface area contributed by atoms with E-state index in [2.05, 4.69) is 15.7 Å². The molecule has 0 radical (unpaired) electrons. The zero-order chi connectivity index (χ0) is 13.7. The predicted molar refractivity (Wildman–Crippen MR) is 72.6 cm³/mol. The maximum atomic E-state index is 13.5. The lowest BCUT2D eigenvalue weighted by Crippen LogP contribution is -2.44. The molecule has 18 heavy (non-hydrogen) atoms. The minimum absolute atomic E-state index is 0.153. The summed E-state index contributed by atoms with van der Waals surface area (Å²) in [6, 6.07) is 3.85. The lowest BCUT2D eigenvalue weighted by molar-refractivity contribution is 0.608. The van der Waals surface area contributed by atoms with Crippen LogP contribution in [-0.2, 0) is 6.54 Å². The van der Waals surface area contributed by atoms with Crippen LogP contribution in [0.3, 0.4) is 0 Å². The summed E-state index contributed by atoms with van der Waals surface area (Å²) in [5.74, 6) is 5.75. The molecule has 0 spiro atoms. The number of aliphatic imine (C=N–C) groups is 1. The highest BCUT2D eigenvalue weighted by Gasteiger charge is 2.04. The van der Waals surface area contributed by atoms with Crippen LogP contribution < -0.4 is 16.6 Å². The average Bonchev–Trinajstić information content (AvgIpc) is 2.30. The Hall–Kier alpha value is -1.62. The van der Waals surface area contributed by atoms with Gasteiger partial charge in [-0.3, -0.25) is 5.43 Å². The monoisotopic (exact) mass is 252 g/mol. The van der Waals surface area contributed by atoms with Gasteiger partial charge in [-0.1, -0.05) is 12.1 Å². The smallest absolute Gasteiger partial charge is 0.206 e. The molecule has 1 aromatic carbocycles. The van der Waals surface area contributed by atoms with Crippen molar-refractivity contribution < 1.29 is 4.39 Å². The molecule has 0 saturated heterocycles. The molecule has 0 aliphatic carbocycles. The molecule has 5 heteroatoms. The molecule has 0 aromatic heterocycles. The number of hydrogen-bond donors (Lipinski definition) is 3. The highest BCUT2D eigenvalue weighted by molar-refractivity contribution is 5.79. The van der Waals surface area contributed by atoms with Crippen LogP contribution in [0.25, 0.3) is 0 Å². The van der Waals surface area contributed by atoms with Crippen LogP contribution in [0.5, 0.6) is 0 Å². The zero-order valence-electron chi connectivity index (χ0n) is 11.3. The summed E-state index contributed by atoms with van der Waals surface area (Å²) in [4.78, 5) is 4.31. The molecule has 0 fully saturated rings. The van der Waals surface area contributed by atoms with Crippen molar-refractivity contribution in [1.82, 2.24) is 10.7 Å². The fourth-order valence-corrected chi connectivity index (χ4v) is 1.70. The Balaban J connectivity index is 2.81. The van der Waals surface area contributed by atoms with E-state index in [9.17, 15) is 4.39 Å². The Morgan fingerprint density at radius 1 is 1.33 bits per heavy atom. The van der Waals surface area contributed by atoms with Crippen molar-refractivity contribution in [1.29, 1.82) is 0 Å². The molecule has 1 aromatic rings. The second kappa shape index (κ2) is 6.35. The molecule has 0 aliphatic rings. The average molecular weight is 252 g/mol. The SMILES string of the molecule is Cc1cc(CN=C(NN)NC(C)C)cc(C)c1F. The summed E-state index contributed by atoms with van der Waals surface area (Å²) < 4.78 is 13.5. The number of guanidine groups is 1. The van der Waals surface area contributed by atoms with E-state index in [0.29, 0.717) is 23.6 Å². The number of rotatable bonds is 3. The number of halogens is 1. The zero-order valence-corrected chi connectivity index (χ0v) is 11.3. The van der Waals surface area contributed by atoms with Crippen LogP contribution in [0.1, 0.15) is 30.5 Å². The fourth-order valence-electron chi connectivity index (χ4n) is 1.70. The lowest BCUT2D eigenvalue weighted by Gasteiger charge is -2.12. The quantitative estimate of drug-likeness (QED) is 0.332. The Bertz CT molecular complexity index is 418. The third-order valence-electron chi connectivity index (χ3n) is 2.48. The van der Waals surface area contributed by atoms with Gasteiger partial charge in [0.25, 0.3) is 0 Å². The molecule has 0 aliphatic heterocycles. The number of nitrogens with one attached hydrogen (secondary N) is 2. The summed E-state index contributed by atoms with van der Waals surface area (Å²) in [5.41, 5.74) is 4.75. The van der Waals surface area contributed by atoms with Gasteiger partial charge in [-0.05, 0) is 44.4 Å². The highest BCUT2D eigenvalue weighted by Crippen LogP contribution is 2.15. The summed E-state index contributed by atoms with van der Waals surface area (Å²) in [6.45, 7) is 7.97. The van der Waals surface area contributed by atoms with Gasteiger partial charge < -0.3 is 5.32 Å². The van der Waals surface area contributed by atoms with Gasteiger partial charge >= 0.3 is 0 Å². The van der Waals surface area contributed by atoms with Gasteiger partial charge in [0.15, 0.2) is 0 Å². The lowest BCUT2D eigenvalue weighted by atomic mass is 10.1. The van der Waals surface area contributed by atoms with E-state index in [4.69, 9.17) is 5.84 Å². The molecular weight excluding hydrogens is 231 g/mol. The summed E-state index contributed by atoms with van der Waals surface area (Å²) in [7, 11) is 0. The molecule has 0 saturated carbocycles. The maximum absolute atomic E-state index is 13.5. The third kappa shape index (κ3) is 4.00. The van der Waals surface area contributed by atoms with E-state index in [-0.39, 0.29) is 11.9 Å². The number of nitrogens with zero attached hydrogens (tertiary/aromatic N) is 1. The first kappa shape index (κ1) is 14.4. The van der Waals surface area contributed by atoms with Gasteiger partial charge in [0.1, 0.15) is 5.82 Å². The van der Waals surface area contributed by atoms with Crippen LogP contribution in [-0.4, -0.2) is 12.0 Å². The molecule has 0 heterocycles. The summed E-state index contributed by atoms with van der Waals surface area (Å²) in [6.07, 6.45) is 0. The van der Waals surface area contributed by atoms with Gasteiger partial charge in [0.05, 0.1) is 6.54 Å². The van der Waals surface area contributed by atoms with Crippen LogP contribution in [0, 0.1) is 19.7 Å². The maximum Gasteiger partial charge on any atom is 0.206 e. The van der Waals surface area contributed by atoms with Crippen molar-refractivity contribution in [2.75, 3.05) is 0 Å². The predicted octanol–water partition coefficient (Wildman–Crippen LogP) is 1.76. The summed E-state index contributed by atoms with van der Waals surface area (Å²) in [5, 5.41) is 3.08. The Kier molecular flexibility index (Phi) is 5.09. The van der Waals surface area contributed by atoms with Crippen molar-refractivity contribution >= 4 is 5.96 Å². The van der Waals surface area contributed by atoms with Crippen LogP contribution in [0.15, 0.2) is 17.1 Å². The first-order valence-electron chi connectivity index (χ1n) is 5.97. The number of benzene rings is 1. The van der Waals surface area contributed by atoms with Crippen LogP contribution in [0.4, 0.5) is 4.39 Å². The van der Waals surface area contributed by atoms with E-state index >= 15 is 0 Å². The molecule has 0 atom stereocenters. The molecule has 0 unspecified atom stereocenters. The van der Waals surface area contributed by atoms with Crippen molar-refractivity contribution in [2.24, 2.45) is 10.8 Å². The van der Waals surface area contributed by atoms with Crippen molar-refractivity contribution in [3.63, 3.8) is 0 Å². The van der Waals surface area contributed by atoms with Gasteiger partial charge in [-0.2, -0.15) is 0 Å². The molecule has 4 nitrogen and oxygen atoms in total. The number of aryl methyl sites for hydroxylation is 2. The van der Waals surface area contributed by atoms with E-state index in [1.807, 2.05) is 13.8 Å². The molecule has 0 bridgehead atoms.